The van der Waals surface area contributed by atoms with Crippen molar-refractivity contribution < 1.29 is 33.0 Å². The Morgan fingerprint density at radius 1 is 0.885 bits per heavy atom. The van der Waals surface area contributed by atoms with Crippen molar-refractivity contribution in [2.24, 2.45) is 11.5 Å². The molecule has 11 heteroatoms. The fraction of sp³-hybridized carbons (Fsp3) is 0. The van der Waals surface area contributed by atoms with Gasteiger partial charge < -0.3 is 21.7 Å². The number of phenols is 1. The number of nitrogens with one attached hydrogen (secondary N) is 1. The van der Waals surface area contributed by atoms with Crippen LogP contribution in [0.15, 0.2) is 41.3 Å². The zero-order valence-corrected chi connectivity index (χ0v) is 13.8. The summed E-state index contributed by atoms with van der Waals surface area (Å²) in [7, 11) is -4.25. The number of carbonyl (C=O) groups excluding carboxylic acids is 2. The van der Waals surface area contributed by atoms with Crippen LogP contribution in [0.1, 0.15) is 31.1 Å². The lowest BCUT2D eigenvalue weighted by Gasteiger charge is -2.11. The summed E-state index contributed by atoms with van der Waals surface area (Å²) in [5.41, 5.74) is 9.09. The maximum Gasteiger partial charge on any atom is 0.339 e. The van der Waals surface area contributed by atoms with E-state index < -0.39 is 44.0 Å². The fourth-order valence-corrected chi connectivity index (χ4v) is 3.17. The van der Waals surface area contributed by atoms with Gasteiger partial charge in [-0.1, -0.05) is 0 Å². The summed E-state index contributed by atoms with van der Waals surface area (Å²) in [5.74, 6) is -4.02. The van der Waals surface area contributed by atoms with Crippen LogP contribution in [-0.2, 0) is 10.0 Å². The van der Waals surface area contributed by atoms with Gasteiger partial charge in [0.1, 0.15) is 11.3 Å². The van der Waals surface area contributed by atoms with Crippen LogP contribution in [0.4, 0.5) is 5.69 Å². The summed E-state index contributed by atoms with van der Waals surface area (Å²) in [6.45, 7) is 0. The second-order valence-electron chi connectivity index (χ2n) is 5.08. The van der Waals surface area contributed by atoms with Crippen molar-refractivity contribution >= 4 is 33.5 Å². The lowest BCUT2D eigenvalue weighted by atomic mass is 10.1. The van der Waals surface area contributed by atoms with Gasteiger partial charge in [0, 0.05) is 5.69 Å². The number of rotatable bonds is 6. The topological polar surface area (TPSA) is 190 Å². The van der Waals surface area contributed by atoms with E-state index in [9.17, 15) is 27.9 Å². The second kappa shape index (κ2) is 6.72. The standard InChI is InChI=1S/C15H13N3O7S/c16-13(20)9-3-1-7(5-10(9)14(17)21)18-26(24,25)8-2-4-12(19)11(6-8)15(22)23/h1-6,18-19H,(H2,16,20)(H2,17,21)(H,22,23). The molecule has 0 spiro atoms. The summed E-state index contributed by atoms with van der Waals surface area (Å²) >= 11 is 0. The number of anilines is 1. The Labute approximate surface area is 147 Å². The van der Waals surface area contributed by atoms with E-state index in [2.05, 4.69) is 4.72 Å². The summed E-state index contributed by atoms with van der Waals surface area (Å²) in [4.78, 5) is 33.3. The number of primary amides is 2. The van der Waals surface area contributed by atoms with E-state index in [-0.39, 0.29) is 16.8 Å². The molecule has 0 aliphatic carbocycles. The van der Waals surface area contributed by atoms with Crippen molar-refractivity contribution in [1.29, 1.82) is 0 Å². The van der Waals surface area contributed by atoms with Crippen LogP contribution in [-0.4, -0.2) is 36.4 Å². The van der Waals surface area contributed by atoms with E-state index in [1.807, 2.05) is 0 Å². The Hall–Kier alpha value is -3.60. The number of aromatic hydroxyl groups is 1. The minimum Gasteiger partial charge on any atom is -0.507 e. The molecule has 0 heterocycles. The number of aromatic carboxylic acids is 1. The maximum atomic E-state index is 12.4. The minimum atomic E-state index is -4.25. The Bertz CT molecular complexity index is 1030. The molecule has 2 aromatic rings. The van der Waals surface area contributed by atoms with Gasteiger partial charge in [0.05, 0.1) is 16.0 Å². The highest BCUT2D eigenvalue weighted by Crippen LogP contribution is 2.24. The molecule has 0 unspecified atom stereocenters. The molecule has 136 valence electrons. The lowest BCUT2D eigenvalue weighted by Crippen LogP contribution is -2.21. The van der Waals surface area contributed by atoms with Crippen LogP contribution in [0.25, 0.3) is 0 Å². The molecule has 2 rings (SSSR count). The van der Waals surface area contributed by atoms with Gasteiger partial charge in [0.2, 0.25) is 11.8 Å². The first kappa shape index (κ1) is 18.7. The third kappa shape index (κ3) is 3.72. The molecule has 26 heavy (non-hydrogen) atoms. The van der Waals surface area contributed by atoms with Gasteiger partial charge in [-0.2, -0.15) is 0 Å². The average molecular weight is 379 g/mol. The predicted octanol–water partition coefficient (Wildman–Crippen LogP) is 0.0890. The van der Waals surface area contributed by atoms with Crippen molar-refractivity contribution in [1.82, 2.24) is 0 Å². The number of benzene rings is 2. The van der Waals surface area contributed by atoms with Crippen LogP contribution >= 0.6 is 0 Å². The van der Waals surface area contributed by atoms with Gasteiger partial charge >= 0.3 is 5.97 Å². The molecule has 0 saturated heterocycles. The fourth-order valence-electron chi connectivity index (χ4n) is 2.09. The molecule has 10 nitrogen and oxygen atoms in total. The molecule has 0 aromatic heterocycles. The predicted molar refractivity (Wildman–Crippen MR) is 89.4 cm³/mol. The molecule has 0 saturated carbocycles. The first-order valence-corrected chi connectivity index (χ1v) is 8.34. The SMILES string of the molecule is NC(=O)c1ccc(NS(=O)(=O)c2ccc(O)c(C(=O)O)c2)cc1C(N)=O. The van der Waals surface area contributed by atoms with Crippen LogP contribution in [0.2, 0.25) is 0 Å². The lowest BCUT2D eigenvalue weighted by molar-refractivity contribution is 0.0693. The quantitative estimate of drug-likeness (QED) is 0.469. The first-order chi connectivity index (χ1) is 12.0. The summed E-state index contributed by atoms with van der Waals surface area (Å²) in [6, 6.07) is 6.02. The molecular formula is C15H13N3O7S. The molecule has 2 aromatic carbocycles. The molecule has 2 amide bonds. The van der Waals surface area contributed by atoms with Crippen LogP contribution < -0.4 is 16.2 Å². The van der Waals surface area contributed by atoms with Gasteiger partial charge in [-0.25, -0.2) is 13.2 Å². The summed E-state index contributed by atoms with van der Waals surface area (Å²) in [5, 5.41) is 18.4. The van der Waals surface area contributed by atoms with Gasteiger partial charge in [0.25, 0.3) is 10.0 Å². The highest BCUT2D eigenvalue weighted by Gasteiger charge is 2.20. The molecule has 0 bridgehead atoms. The molecule has 0 fully saturated rings. The van der Waals surface area contributed by atoms with Gasteiger partial charge in [0.15, 0.2) is 0 Å². The van der Waals surface area contributed by atoms with E-state index in [0.29, 0.717) is 0 Å². The normalized spacial score (nSPS) is 10.9. The monoisotopic (exact) mass is 379 g/mol. The Balaban J connectivity index is 2.46. The molecule has 7 N–H and O–H groups in total. The number of carboxylic acids is 1. The molecule has 0 radical (unpaired) electrons. The van der Waals surface area contributed by atoms with Crippen LogP contribution in [0.3, 0.4) is 0 Å². The molecule has 0 aliphatic rings. The van der Waals surface area contributed by atoms with E-state index in [1.165, 1.54) is 6.07 Å². The third-order valence-corrected chi connectivity index (χ3v) is 4.69. The van der Waals surface area contributed by atoms with Crippen LogP contribution in [0.5, 0.6) is 5.75 Å². The molecule has 0 aliphatic heterocycles. The number of sulfonamides is 1. The zero-order valence-electron chi connectivity index (χ0n) is 13.0. The minimum absolute atomic E-state index is 0.103. The Morgan fingerprint density at radius 2 is 1.50 bits per heavy atom. The second-order valence-corrected chi connectivity index (χ2v) is 6.76. The number of nitrogens with two attached hydrogens (primary N) is 2. The number of hydrogen-bond acceptors (Lipinski definition) is 6. The van der Waals surface area contributed by atoms with E-state index >= 15 is 0 Å². The highest BCUT2D eigenvalue weighted by atomic mass is 32.2. The van der Waals surface area contributed by atoms with Crippen molar-refractivity contribution in [2.45, 2.75) is 4.90 Å². The number of hydrogen-bond donors (Lipinski definition) is 5. The number of carboxylic acid groups (broad SMARTS) is 1. The van der Waals surface area contributed by atoms with Crippen LogP contribution in [0, 0.1) is 0 Å². The van der Waals surface area contributed by atoms with Gasteiger partial charge in [-0.15, -0.1) is 0 Å². The Morgan fingerprint density at radius 3 is 2.04 bits per heavy atom. The van der Waals surface area contributed by atoms with Gasteiger partial charge in [-0.05, 0) is 36.4 Å². The Kier molecular flexibility index (Phi) is 4.84. The van der Waals surface area contributed by atoms with E-state index in [4.69, 9.17) is 16.6 Å². The van der Waals surface area contributed by atoms with E-state index in [1.54, 1.807) is 0 Å². The summed E-state index contributed by atoms with van der Waals surface area (Å²) in [6.07, 6.45) is 0. The highest BCUT2D eigenvalue weighted by molar-refractivity contribution is 7.92. The van der Waals surface area contributed by atoms with Gasteiger partial charge in [-0.3, -0.25) is 14.3 Å². The smallest absolute Gasteiger partial charge is 0.339 e. The zero-order chi connectivity index (χ0) is 19.6. The average Bonchev–Trinajstić information content (AvgIpc) is 2.53. The van der Waals surface area contributed by atoms with E-state index in [0.717, 1.165) is 30.3 Å². The third-order valence-electron chi connectivity index (χ3n) is 3.31. The van der Waals surface area contributed by atoms with Crippen molar-refractivity contribution in [3.63, 3.8) is 0 Å². The number of amides is 2. The maximum absolute atomic E-state index is 12.4. The van der Waals surface area contributed by atoms with Crippen molar-refractivity contribution in [3.8, 4) is 5.75 Å². The number of carbonyl (C=O) groups is 3. The van der Waals surface area contributed by atoms with Crippen molar-refractivity contribution in [3.05, 3.63) is 53.1 Å². The molecular weight excluding hydrogens is 366 g/mol. The largest absolute Gasteiger partial charge is 0.507 e. The van der Waals surface area contributed by atoms with Crippen molar-refractivity contribution in [2.75, 3.05) is 4.72 Å². The first-order valence-electron chi connectivity index (χ1n) is 6.85. The molecule has 0 atom stereocenters. The summed E-state index contributed by atoms with van der Waals surface area (Å²) < 4.78 is 26.9.